The van der Waals surface area contributed by atoms with Crippen LogP contribution in [0.5, 0.6) is 0 Å². The number of hydrogen-bond acceptors (Lipinski definition) is 7. The van der Waals surface area contributed by atoms with E-state index in [2.05, 4.69) is 10.6 Å². The van der Waals surface area contributed by atoms with E-state index >= 15 is 0 Å². The van der Waals surface area contributed by atoms with Gasteiger partial charge in [-0.3, -0.25) is 33.4 Å². The second-order valence-corrected chi connectivity index (χ2v) is 14.8. The Balaban J connectivity index is 1.31. The van der Waals surface area contributed by atoms with Gasteiger partial charge in [0.05, 0.1) is 24.4 Å². The van der Waals surface area contributed by atoms with Crippen LogP contribution >= 0.6 is 7.60 Å². The highest BCUT2D eigenvalue weighted by Crippen LogP contribution is 2.40. The lowest BCUT2D eigenvalue weighted by Gasteiger charge is -2.31. The van der Waals surface area contributed by atoms with Gasteiger partial charge in [0.2, 0.25) is 23.6 Å². The Labute approximate surface area is 301 Å². The number of aryl methyl sites for hydroxylation is 2. The molecule has 0 spiro atoms. The zero-order chi connectivity index (χ0) is 37.7. The molecule has 0 radical (unpaired) electrons. The van der Waals surface area contributed by atoms with Crippen molar-refractivity contribution in [1.82, 2.24) is 10.6 Å². The maximum absolute atomic E-state index is 14.2. The van der Waals surface area contributed by atoms with E-state index in [-0.39, 0.29) is 24.8 Å². The number of allylic oxidation sites excluding steroid dienone is 1. The van der Waals surface area contributed by atoms with Crippen LogP contribution < -0.4 is 21.3 Å². The van der Waals surface area contributed by atoms with Gasteiger partial charge in [0.1, 0.15) is 12.1 Å². The molecule has 2 heterocycles. The molecule has 3 aromatic rings. The molecule has 0 aromatic heterocycles. The Hall–Kier alpha value is -4.94. The van der Waals surface area contributed by atoms with Crippen LogP contribution in [0.15, 0.2) is 72.8 Å². The number of carbonyl (C=O) groups is 5. The fraction of sp³-hybridized carbons (Fsp3) is 0.342. The molecule has 0 bridgehead atoms. The summed E-state index contributed by atoms with van der Waals surface area (Å²) in [7, 11) is -4.94. The van der Waals surface area contributed by atoms with Crippen molar-refractivity contribution in [2.24, 2.45) is 5.73 Å². The van der Waals surface area contributed by atoms with Crippen LogP contribution in [0.3, 0.4) is 0 Å². The second kappa shape index (κ2) is 16.2. The zero-order valence-electron chi connectivity index (χ0n) is 29.2. The quantitative estimate of drug-likeness (QED) is 0.122. The lowest BCUT2D eigenvalue weighted by Crippen LogP contribution is -2.56. The number of para-hydroxylation sites is 1. The first-order valence-corrected chi connectivity index (χ1v) is 18.6. The van der Waals surface area contributed by atoms with E-state index in [0.717, 1.165) is 22.3 Å². The van der Waals surface area contributed by atoms with Crippen molar-refractivity contribution in [2.45, 2.75) is 83.7 Å². The average molecular weight is 731 g/mol. The van der Waals surface area contributed by atoms with E-state index in [0.29, 0.717) is 36.3 Å². The van der Waals surface area contributed by atoms with E-state index in [9.17, 15) is 28.5 Å². The van der Waals surface area contributed by atoms with Gasteiger partial charge in [-0.25, -0.2) is 0 Å². The molecule has 0 unspecified atom stereocenters. The molecule has 2 aliphatic heterocycles. The smallest absolute Gasteiger partial charge is 0.372 e. The number of nitrogens with two attached hydrogens (primary N) is 1. The molecule has 6 N–H and O–H groups in total. The van der Waals surface area contributed by atoms with Crippen LogP contribution in [-0.4, -0.2) is 63.2 Å². The summed E-state index contributed by atoms with van der Waals surface area (Å²) >= 11 is 0. The number of rotatable bonds is 14. The molecule has 4 atom stereocenters. The standard InChI is InChI=1S/C38H43N4O9P/c1-22-7-9-25(10-8-22)21-51-24(3)30(17-18-33(39)43)41-36(45)32-20-29-6-4-5-27-15-16-31(37(46)42(32)35(27)29)40-34(44)19-23(2)26-11-13-28(14-12-26)38(47)52(48,49)50/h4-14,19,24,30-32H,15-18,20-21H2,1-3H3,(H2,39,43)(H,40,44)(H,41,45)(H2,48,49,50)/b23-19+/t24-,30+,31+,32+/m1/s1. The highest BCUT2D eigenvalue weighted by Gasteiger charge is 2.44. The van der Waals surface area contributed by atoms with Crippen molar-refractivity contribution in [3.05, 3.63) is 106 Å². The molecule has 4 amide bonds. The Kier molecular flexibility index (Phi) is 11.9. The van der Waals surface area contributed by atoms with E-state index in [4.69, 9.17) is 20.3 Å². The molecule has 14 heteroatoms. The normalized spacial score (nSPS) is 18.2. The number of nitrogens with one attached hydrogen (secondary N) is 2. The first-order valence-electron chi connectivity index (χ1n) is 17.0. The van der Waals surface area contributed by atoms with Crippen LogP contribution in [0.1, 0.15) is 71.3 Å². The number of ether oxygens (including phenoxy) is 1. The Morgan fingerprint density at radius 1 is 1.02 bits per heavy atom. The molecule has 0 aliphatic carbocycles. The molecule has 274 valence electrons. The van der Waals surface area contributed by atoms with Gasteiger partial charge in [0.15, 0.2) is 0 Å². The first kappa shape index (κ1) is 38.3. The summed E-state index contributed by atoms with van der Waals surface area (Å²) in [5.74, 6) is -1.91. The van der Waals surface area contributed by atoms with Crippen molar-refractivity contribution < 1.29 is 43.1 Å². The summed E-state index contributed by atoms with van der Waals surface area (Å²) < 4.78 is 17.4. The predicted molar refractivity (Wildman–Crippen MR) is 194 cm³/mol. The maximum Gasteiger partial charge on any atom is 0.396 e. The van der Waals surface area contributed by atoms with Gasteiger partial charge in [-0.1, -0.05) is 72.3 Å². The number of primary amides is 1. The fourth-order valence-electron chi connectivity index (χ4n) is 6.54. The maximum atomic E-state index is 14.2. The number of carbonyl (C=O) groups excluding carboxylic acids is 5. The van der Waals surface area contributed by atoms with E-state index in [1.807, 2.05) is 56.3 Å². The molecule has 0 saturated carbocycles. The Morgan fingerprint density at radius 3 is 2.33 bits per heavy atom. The topological polar surface area (TPSA) is 205 Å². The third kappa shape index (κ3) is 9.10. The van der Waals surface area contributed by atoms with Crippen LogP contribution in [0.25, 0.3) is 5.57 Å². The zero-order valence-corrected chi connectivity index (χ0v) is 30.1. The summed E-state index contributed by atoms with van der Waals surface area (Å²) in [4.78, 5) is 85.0. The van der Waals surface area contributed by atoms with E-state index in [1.54, 1.807) is 6.92 Å². The summed E-state index contributed by atoms with van der Waals surface area (Å²) in [5.41, 5.74) is 9.47. The number of hydrogen-bond donors (Lipinski definition) is 5. The molecule has 0 saturated heterocycles. The van der Waals surface area contributed by atoms with Gasteiger partial charge in [0.25, 0.3) is 5.52 Å². The SMILES string of the molecule is C/C(=C\C(=O)N[C@H]1CCc2cccc3c2N(C1=O)[C@H](C(=O)N[C@@H](CCC(N)=O)[C@@H](C)OCc1ccc(C)cc1)C3)c1ccc(C(=O)P(=O)(O)O)cc1. The van der Waals surface area contributed by atoms with Crippen LogP contribution in [0, 0.1) is 6.92 Å². The Bertz CT molecular complexity index is 1940. The van der Waals surface area contributed by atoms with Crippen LogP contribution in [0.2, 0.25) is 0 Å². The third-order valence-electron chi connectivity index (χ3n) is 9.45. The van der Waals surface area contributed by atoms with E-state index in [1.165, 1.54) is 35.2 Å². The first-order chi connectivity index (χ1) is 24.6. The van der Waals surface area contributed by atoms with Gasteiger partial charge in [-0.15, -0.1) is 0 Å². The van der Waals surface area contributed by atoms with Gasteiger partial charge in [-0.05, 0) is 67.9 Å². The van der Waals surface area contributed by atoms with Gasteiger partial charge in [-0.2, -0.15) is 0 Å². The van der Waals surface area contributed by atoms with Gasteiger partial charge < -0.3 is 30.9 Å². The summed E-state index contributed by atoms with van der Waals surface area (Å²) in [6.45, 7) is 5.75. The minimum Gasteiger partial charge on any atom is -0.372 e. The number of benzene rings is 3. The van der Waals surface area contributed by atoms with Crippen molar-refractivity contribution in [1.29, 1.82) is 0 Å². The van der Waals surface area contributed by atoms with Crippen molar-refractivity contribution >= 4 is 48.0 Å². The molecule has 0 fully saturated rings. The van der Waals surface area contributed by atoms with Gasteiger partial charge >= 0.3 is 7.60 Å². The molecule has 2 aliphatic rings. The van der Waals surface area contributed by atoms with Crippen molar-refractivity contribution in [2.75, 3.05) is 4.90 Å². The lowest BCUT2D eigenvalue weighted by atomic mass is 10.0. The number of nitrogens with zero attached hydrogens (tertiary/aromatic N) is 1. The molecule has 5 rings (SSSR count). The predicted octanol–water partition coefficient (Wildman–Crippen LogP) is 3.46. The van der Waals surface area contributed by atoms with Gasteiger partial charge in [0, 0.05) is 24.5 Å². The molecular weight excluding hydrogens is 687 g/mol. The highest BCUT2D eigenvalue weighted by molar-refractivity contribution is 7.70. The largest absolute Gasteiger partial charge is 0.396 e. The lowest BCUT2D eigenvalue weighted by molar-refractivity contribution is -0.129. The van der Waals surface area contributed by atoms with E-state index < -0.39 is 61.0 Å². The minimum atomic E-state index is -4.94. The number of anilines is 1. The van der Waals surface area contributed by atoms with Crippen LogP contribution in [-0.2, 0) is 47.9 Å². The fourth-order valence-corrected chi connectivity index (χ4v) is 7.03. The summed E-state index contributed by atoms with van der Waals surface area (Å²) in [6, 6.07) is 16.6. The van der Waals surface area contributed by atoms with Crippen molar-refractivity contribution in [3.63, 3.8) is 0 Å². The third-order valence-corrected chi connectivity index (χ3v) is 10.2. The molecule has 3 aromatic carbocycles. The summed E-state index contributed by atoms with van der Waals surface area (Å²) in [6.07, 6.45) is 2.11. The van der Waals surface area contributed by atoms with Crippen LogP contribution in [0.4, 0.5) is 5.69 Å². The summed E-state index contributed by atoms with van der Waals surface area (Å²) in [5, 5.41) is 5.84. The molecule has 13 nitrogen and oxygen atoms in total. The average Bonchev–Trinajstić information content (AvgIpc) is 3.44. The monoisotopic (exact) mass is 730 g/mol. The Morgan fingerprint density at radius 2 is 1.67 bits per heavy atom. The highest BCUT2D eigenvalue weighted by atomic mass is 31.2. The molecule has 52 heavy (non-hydrogen) atoms. The minimum absolute atomic E-state index is 0.0254. The number of amides is 4. The molecular formula is C38H43N4O9P. The second-order valence-electron chi connectivity index (χ2n) is 13.3. The van der Waals surface area contributed by atoms with Crippen molar-refractivity contribution in [3.8, 4) is 0 Å².